The van der Waals surface area contributed by atoms with Gasteiger partial charge in [0.25, 0.3) is 0 Å². The van der Waals surface area contributed by atoms with Gasteiger partial charge in [-0.25, -0.2) is 4.98 Å². The van der Waals surface area contributed by atoms with Gasteiger partial charge in [0.15, 0.2) is 0 Å². The number of halogens is 2. The van der Waals surface area contributed by atoms with Gasteiger partial charge in [-0.05, 0) is 24.3 Å². The lowest BCUT2D eigenvalue weighted by Gasteiger charge is -2.00. The van der Waals surface area contributed by atoms with Gasteiger partial charge in [0.2, 0.25) is 5.95 Å². The summed E-state index contributed by atoms with van der Waals surface area (Å²) in [5.41, 5.74) is 1.41. The monoisotopic (exact) mass is 207 g/mol. The van der Waals surface area contributed by atoms with Crippen molar-refractivity contribution >= 4 is 11.6 Å². The van der Waals surface area contributed by atoms with Crippen LogP contribution in [-0.2, 0) is 0 Å². The number of hydrogen-bond donors (Lipinski definition) is 0. The summed E-state index contributed by atoms with van der Waals surface area (Å²) in [6.45, 7) is 0. The van der Waals surface area contributed by atoms with Crippen LogP contribution in [0.3, 0.4) is 0 Å². The van der Waals surface area contributed by atoms with Crippen molar-refractivity contribution in [2.75, 3.05) is 0 Å². The molecule has 0 saturated carbocycles. The largest absolute Gasteiger partial charge is 0.220 e. The van der Waals surface area contributed by atoms with Crippen LogP contribution in [0.15, 0.2) is 42.5 Å². The molecule has 0 radical (unpaired) electrons. The normalized spacial score (nSPS) is 10.1. The summed E-state index contributed by atoms with van der Waals surface area (Å²) in [7, 11) is 0. The Balaban J connectivity index is 2.49. The SMILES string of the molecule is Fc1cccc(-c2cccc(Cl)c2)n1. The number of nitrogens with zero attached hydrogens (tertiary/aromatic N) is 1. The Kier molecular flexibility index (Phi) is 2.46. The van der Waals surface area contributed by atoms with E-state index in [-0.39, 0.29) is 0 Å². The van der Waals surface area contributed by atoms with Crippen molar-refractivity contribution in [2.45, 2.75) is 0 Å². The first-order valence-electron chi connectivity index (χ1n) is 4.14. The molecule has 0 saturated heterocycles. The highest BCUT2D eigenvalue weighted by Crippen LogP contribution is 2.20. The van der Waals surface area contributed by atoms with E-state index in [9.17, 15) is 4.39 Å². The highest BCUT2D eigenvalue weighted by molar-refractivity contribution is 6.30. The maximum absolute atomic E-state index is 12.8. The number of rotatable bonds is 1. The molecular formula is C11H7ClFN. The van der Waals surface area contributed by atoms with Gasteiger partial charge in [0.1, 0.15) is 0 Å². The Morgan fingerprint density at radius 2 is 1.86 bits per heavy atom. The average Bonchev–Trinajstić information content (AvgIpc) is 2.18. The molecule has 2 rings (SSSR count). The molecule has 0 atom stereocenters. The molecule has 14 heavy (non-hydrogen) atoms. The molecule has 0 N–H and O–H groups in total. The number of hydrogen-bond acceptors (Lipinski definition) is 1. The maximum Gasteiger partial charge on any atom is 0.213 e. The molecule has 2 aromatic rings. The molecule has 0 fully saturated rings. The lowest BCUT2D eigenvalue weighted by atomic mass is 10.1. The van der Waals surface area contributed by atoms with E-state index in [1.54, 1.807) is 24.3 Å². The molecule has 0 amide bonds. The third-order valence-electron chi connectivity index (χ3n) is 1.84. The smallest absolute Gasteiger partial charge is 0.213 e. The second-order valence-corrected chi connectivity index (χ2v) is 3.29. The molecule has 3 heteroatoms. The van der Waals surface area contributed by atoms with Crippen molar-refractivity contribution in [3.05, 3.63) is 53.4 Å². The predicted octanol–water partition coefficient (Wildman–Crippen LogP) is 3.54. The Bertz CT molecular complexity index is 413. The van der Waals surface area contributed by atoms with Crippen LogP contribution >= 0.6 is 11.6 Å². The van der Waals surface area contributed by atoms with Gasteiger partial charge < -0.3 is 0 Å². The van der Waals surface area contributed by atoms with Crippen molar-refractivity contribution in [1.82, 2.24) is 4.98 Å². The first kappa shape index (κ1) is 9.16. The van der Waals surface area contributed by atoms with Crippen LogP contribution in [0.2, 0.25) is 5.02 Å². The maximum atomic E-state index is 12.8. The average molecular weight is 208 g/mol. The van der Waals surface area contributed by atoms with E-state index in [2.05, 4.69) is 4.98 Å². The van der Waals surface area contributed by atoms with Crippen molar-refractivity contribution < 1.29 is 4.39 Å². The lowest BCUT2D eigenvalue weighted by molar-refractivity contribution is 0.585. The molecule has 0 aliphatic carbocycles. The predicted molar refractivity (Wildman–Crippen MR) is 54.6 cm³/mol. The molecule has 0 unspecified atom stereocenters. The van der Waals surface area contributed by atoms with Gasteiger partial charge in [-0.1, -0.05) is 29.8 Å². The number of pyridine rings is 1. The fraction of sp³-hybridized carbons (Fsp3) is 0. The zero-order valence-corrected chi connectivity index (χ0v) is 8.00. The molecule has 0 aliphatic heterocycles. The van der Waals surface area contributed by atoms with Crippen LogP contribution < -0.4 is 0 Å². The van der Waals surface area contributed by atoms with Crippen molar-refractivity contribution in [3.8, 4) is 11.3 Å². The number of benzene rings is 1. The second kappa shape index (κ2) is 3.76. The minimum absolute atomic E-state index is 0.484. The summed E-state index contributed by atoms with van der Waals surface area (Å²) < 4.78 is 12.8. The van der Waals surface area contributed by atoms with E-state index in [4.69, 9.17) is 11.6 Å². The molecule has 1 nitrogen and oxygen atoms in total. The van der Waals surface area contributed by atoms with Gasteiger partial charge in [-0.3, -0.25) is 0 Å². The van der Waals surface area contributed by atoms with E-state index in [1.807, 2.05) is 12.1 Å². The quantitative estimate of drug-likeness (QED) is 0.652. The van der Waals surface area contributed by atoms with E-state index in [1.165, 1.54) is 6.07 Å². The Morgan fingerprint density at radius 1 is 1.07 bits per heavy atom. The van der Waals surface area contributed by atoms with E-state index in [0.717, 1.165) is 5.56 Å². The third-order valence-corrected chi connectivity index (χ3v) is 2.07. The summed E-state index contributed by atoms with van der Waals surface area (Å²) in [4.78, 5) is 3.76. The molecule has 1 heterocycles. The summed E-state index contributed by atoms with van der Waals surface area (Å²) >= 11 is 5.81. The molecule has 0 aliphatic rings. The van der Waals surface area contributed by atoms with Gasteiger partial charge in [-0.15, -0.1) is 0 Å². The Morgan fingerprint density at radius 3 is 2.57 bits per heavy atom. The highest BCUT2D eigenvalue weighted by Gasteiger charge is 2.00. The molecule has 0 bridgehead atoms. The van der Waals surface area contributed by atoms with Crippen LogP contribution in [0.1, 0.15) is 0 Å². The van der Waals surface area contributed by atoms with Crippen LogP contribution in [0, 0.1) is 5.95 Å². The zero-order chi connectivity index (χ0) is 9.97. The third kappa shape index (κ3) is 1.91. The summed E-state index contributed by atoms with van der Waals surface area (Å²) in [6, 6.07) is 11.9. The van der Waals surface area contributed by atoms with Gasteiger partial charge in [0, 0.05) is 10.6 Å². The molecule has 1 aromatic carbocycles. The van der Waals surface area contributed by atoms with Crippen molar-refractivity contribution in [1.29, 1.82) is 0 Å². The van der Waals surface area contributed by atoms with Crippen LogP contribution in [-0.4, -0.2) is 4.98 Å². The first-order chi connectivity index (χ1) is 6.75. The minimum Gasteiger partial charge on any atom is -0.220 e. The van der Waals surface area contributed by atoms with Gasteiger partial charge in [0.05, 0.1) is 5.69 Å². The van der Waals surface area contributed by atoms with Crippen LogP contribution in [0.5, 0.6) is 0 Å². The molecule has 0 spiro atoms. The van der Waals surface area contributed by atoms with E-state index >= 15 is 0 Å². The van der Waals surface area contributed by atoms with E-state index < -0.39 is 5.95 Å². The van der Waals surface area contributed by atoms with Gasteiger partial charge in [-0.2, -0.15) is 4.39 Å². The van der Waals surface area contributed by atoms with Crippen LogP contribution in [0.4, 0.5) is 4.39 Å². The molecular weight excluding hydrogens is 201 g/mol. The standard InChI is InChI=1S/C11H7ClFN/c12-9-4-1-3-8(7-9)10-5-2-6-11(13)14-10/h1-7H. The molecule has 70 valence electrons. The van der Waals surface area contributed by atoms with E-state index in [0.29, 0.717) is 10.7 Å². The van der Waals surface area contributed by atoms with Gasteiger partial charge >= 0.3 is 0 Å². The summed E-state index contributed by atoms with van der Waals surface area (Å²) in [5, 5.41) is 0.619. The van der Waals surface area contributed by atoms with Crippen LogP contribution in [0.25, 0.3) is 11.3 Å². The highest BCUT2D eigenvalue weighted by atomic mass is 35.5. The summed E-state index contributed by atoms with van der Waals surface area (Å²) in [6.07, 6.45) is 0. The first-order valence-corrected chi connectivity index (χ1v) is 4.52. The zero-order valence-electron chi connectivity index (χ0n) is 7.24. The summed E-state index contributed by atoms with van der Waals surface area (Å²) in [5.74, 6) is -0.484. The molecule has 1 aromatic heterocycles. The second-order valence-electron chi connectivity index (χ2n) is 2.86. The fourth-order valence-electron chi connectivity index (χ4n) is 1.22. The Hall–Kier alpha value is -1.41. The minimum atomic E-state index is -0.484. The lowest BCUT2D eigenvalue weighted by Crippen LogP contribution is -1.86. The van der Waals surface area contributed by atoms with Crippen molar-refractivity contribution in [2.24, 2.45) is 0 Å². The Labute approximate surface area is 86.2 Å². The van der Waals surface area contributed by atoms with Crippen molar-refractivity contribution in [3.63, 3.8) is 0 Å². The topological polar surface area (TPSA) is 12.9 Å². The fourth-order valence-corrected chi connectivity index (χ4v) is 1.41. The number of aromatic nitrogens is 1.